The smallest absolute Gasteiger partial charge is 0.338 e. The number of hydrogen-bond acceptors (Lipinski definition) is 4. The normalized spacial score (nSPS) is 19.0. The standard InChI is InChI=1S/C11H10O4/c1-7(12)15-10-6-14-11(13)9-5-3-2-4-8(9)10/h2-5,10H,6H2,1H3/t10-/m1/s1. The van der Waals surface area contributed by atoms with Gasteiger partial charge in [0.25, 0.3) is 0 Å². The van der Waals surface area contributed by atoms with E-state index in [1.54, 1.807) is 24.3 Å². The zero-order chi connectivity index (χ0) is 10.8. The van der Waals surface area contributed by atoms with E-state index in [-0.39, 0.29) is 18.5 Å². The van der Waals surface area contributed by atoms with Crippen molar-refractivity contribution in [1.29, 1.82) is 0 Å². The monoisotopic (exact) mass is 206 g/mol. The van der Waals surface area contributed by atoms with E-state index < -0.39 is 6.10 Å². The lowest BCUT2D eigenvalue weighted by Crippen LogP contribution is -2.25. The Morgan fingerprint density at radius 3 is 2.93 bits per heavy atom. The molecule has 1 aromatic rings. The van der Waals surface area contributed by atoms with Crippen LogP contribution >= 0.6 is 0 Å². The number of rotatable bonds is 1. The lowest BCUT2D eigenvalue weighted by atomic mass is 10.0. The molecule has 15 heavy (non-hydrogen) atoms. The minimum Gasteiger partial charge on any atom is -0.458 e. The molecule has 1 heterocycles. The van der Waals surface area contributed by atoms with Gasteiger partial charge in [0.15, 0.2) is 6.10 Å². The van der Waals surface area contributed by atoms with Gasteiger partial charge in [0.2, 0.25) is 0 Å². The largest absolute Gasteiger partial charge is 0.458 e. The molecule has 78 valence electrons. The summed E-state index contributed by atoms with van der Waals surface area (Å²) in [5.41, 5.74) is 1.18. The summed E-state index contributed by atoms with van der Waals surface area (Å²) in [5.74, 6) is -0.748. The van der Waals surface area contributed by atoms with Crippen molar-refractivity contribution in [3.05, 3.63) is 35.4 Å². The Labute approximate surface area is 86.8 Å². The van der Waals surface area contributed by atoms with Gasteiger partial charge < -0.3 is 9.47 Å². The Kier molecular flexibility index (Phi) is 2.41. The summed E-state index contributed by atoms with van der Waals surface area (Å²) in [6.45, 7) is 1.43. The molecule has 0 fully saturated rings. The fraction of sp³-hybridized carbons (Fsp3) is 0.273. The van der Waals surface area contributed by atoms with Crippen molar-refractivity contribution in [1.82, 2.24) is 0 Å². The SMILES string of the molecule is CC(=O)O[C@@H]1COC(=O)c2ccccc21. The molecule has 0 saturated carbocycles. The van der Waals surface area contributed by atoms with Gasteiger partial charge in [-0.15, -0.1) is 0 Å². The van der Waals surface area contributed by atoms with Crippen molar-refractivity contribution in [2.75, 3.05) is 6.61 Å². The molecule has 0 unspecified atom stereocenters. The third-order valence-corrected chi connectivity index (χ3v) is 2.20. The predicted octanol–water partition coefficient (Wildman–Crippen LogP) is 1.46. The zero-order valence-corrected chi connectivity index (χ0v) is 8.23. The van der Waals surface area contributed by atoms with Crippen LogP contribution < -0.4 is 0 Å². The Bertz CT molecular complexity index is 411. The molecule has 0 aliphatic carbocycles. The minimum atomic E-state index is -0.476. The first kappa shape index (κ1) is 9.71. The zero-order valence-electron chi connectivity index (χ0n) is 8.23. The molecule has 1 atom stereocenters. The molecule has 0 bridgehead atoms. The van der Waals surface area contributed by atoms with E-state index in [9.17, 15) is 9.59 Å². The van der Waals surface area contributed by atoms with Crippen molar-refractivity contribution in [2.24, 2.45) is 0 Å². The van der Waals surface area contributed by atoms with Crippen LogP contribution in [0.2, 0.25) is 0 Å². The molecule has 0 amide bonds. The summed E-state index contributed by atoms with van der Waals surface area (Å²) in [6.07, 6.45) is -0.476. The van der Waals surface area contributed by atoms with Crippen molar-refractivity contribution in [2.45, 2.75) is 13.0 Å². The average molecular weight is 206 g/mol. The molecule has 0 aromatic heterocycles. The van der Waals surface area contributed by atoms with Gasteiger partial charge in [0.1, 0.15) is 6.61 Å². The Morgan fingerprint density at radius 1 is 1.47 bits per heavy atom. The van der Waals surface area contributed by atoms with Gasteiger partial charge in [0.05, 0.1) is 5.56 Å². The highest BCUT2D eigenvalue weighted by Crippen LogP contribution is 2.27. The Morgan fingerprint density at radius 2 is 2.20 bits per heavy atom. The van der Waals surface area contributed by atoms with Crippen LogP contribution in [-0.4, -0.2) is 18.5 Å². The summed E-state index contributed by atoms with van der Waals surface area (Å²) in [5, 5.41) is 0. The number of carbonyl (C=O) groups is 2. The second kappa shape index (κ2) is 3.73. The third kappa shape index (κ3) is 1.83. The van der Waals surface area contributed by atoms with Gasteiger partial charge in [-0.2, -0.15) is 0 Å². The van der Waals surface area contributed by atoms with Gasteiger partial charge in [-0.25, -0.2) is 4.79 Å². The van der Waals surface area contributed by atoms with Crippen LogP contribution in [0.25, 0.3) is 0 Å². The first-order valence-electron chi connectivity index (χ1n) is 4.62. The molecule has 4 heteroatoms. The van der Waals surface area contributed by atoms with Crippen LogP contribution in [-0.2, 0) is 14.3 Å². The van der Waals surface area contributed by atoms with Gasteiger partial charge in [0, 0.05) is 12.5 Å². The predicted molar refractivity (Wildman–Crippen MR) is 51.2 cm³/mol. The van der Waals surface area contributed by atoms with Crippen molar-refractivity contribution >= 4 is 11.9 Å². The maximum absolute atomic E-state index is 11.4. The van der Waals surface area contributed by atoms with Crippen molar-refractivity contribution in [3.8, 4) is 0 Å². The number of fused-ring (bicyclic) bond motifs is 1. The fourth-order valence-electron chi connectivity index (χ4n) is 1.58. The molecule has 0 radical (unpaired) electrons. The molecule has 0 spiro atoms. The number of ether oxygens (including phenoxy) is 2. The quantitative estimate of drug-likeness (QED) is 0.653. The van der Waals surface area contributed by atoms with Crippen molar-refractivity contribution in [3.63, 3.8) is 0 Å². The van der Waals surface area contributed by atoms with Crippen LogP contribution in [0.4, 0.5) is 0 Å². The van der Waals surface area contributed by atoms with Crippen LogP contribution in [0.5, 0.6) is 0 Å². The van der Waals surface area contributed by atoms with Crippen LogP contribution in [0.15, 0.2) is 24.3 Å². The van der Waals surface area contributed by atoms with E-state index in [0.717, 1.165) is 0 Å². The minimum absolute atomic E-state index is 0.0927. The highest BCUT2D eigenvalue weighted by molar-refractivity contribution is 5.92. The van der Waals surface area contributed by atoms with Gasteiger partial charge in [-0.3, -0.25) is 4.79 Å². The first-order valence-corrected chi connectivity index (χ1v) is 4.62. The van der Waals surface area contributed by atoms with E-state index in [1.165, 1.54) is 6.92 Å². The van der Waals surface area contributed by atoms with Crippen LogP contribution in [0.3, 0.4) is 0 Å². The first-order chi connectivity index (χ1) is 7.18. The second-order valence-electron chi connectivity index (χ2n) is 3.28. The average Bonchev–Trinajstić information content (AvgIpc) is 2.22. The number of esters is 2. The third-order valence-electron chi connectivity index (χ3n) is 2.20. The summed E-state index contributed by atoms with van der Waals surface area (Å²) in [7, 11) is 0. The number of hydrogen-bond donors (Lipinski definition) is 0. The maximum atomic E-state index is 11.4. The van der Waals surface area contributed by atoms with Gasteiger partial charge in [-0.1, -0.05) is 18.2 Å². The lowest BCUT2D eigenvalue weighted by molar-refractivity contribution is -0.149. The second-order valence-corrected chi connectivity index (χ2v) is 3.28. The molecule has 0 N–H and O–H groups in total. The van der Waals surface area contributed by atoms with E-state index >= 15 is 0 Å². The van der Waals surface area contributed by atoms with Gasteiger partial charge in [-0.05, 0) is 6.07 Å². The topological polar surface area (TPSA) is 52.6 Å². The van der Waals surface area contributed by atoms with Crippen LogP contribution in [0, 0.1) is 0 Å². The van der Waals surface area contributed by atoms with Gasteiger partial charge >= 0.3 is 11.9 Å². The Balaban J connectivity index is 2.36. The molecular formula is C11H10O4. The van der Waals surface area contributed by atoms with E-state index in [2.05, 4.69) is 0 Å². The molecule has 1 aliphatic rings. The fourth-order valence-corrected chi connectivity index (χ4v) is 1.58. The number of carbonyl (C=O) groups excluding carboxylic acids is 2. The molecule has 1 aromatic carbocycles. The highest BCUT2D eigenvalue weighted by Gasteiger charge is 2.28. The highest BCUT2D eigenvalue weighted by atomic mass is 16.6. The molecule has 0 saturated heterocycles. The summed E-state index contributed by atoms with van der Waals surface area (Å²) < 4.78 is 9.95. The summed E-state index contributed by atoms with van der Waals surface area (Å²) >= 11 is 0. The lowest BCUT2D eigenvalue weighted by Gasteiger charge is -2.24. The van der Waals surface area contributed by atoms with Crippen LogP contribution in [0.1, 0.15) is 28.9 Å². The van der Waals surface area contributed by atoms with Crippen molar-refractivity contribution < 1.29 is 19.1 Å². The van der Waals surface area contributed by atoms with E-state index in [4.69, 9.17) is 9.47 Å². The van der Waals surface area contributed by atoms with E-state index in [0.29, 0.717) is 11.1 Å². The summed E-state index contributed by atoms with van der Waals surface area (Å²) in [4.78, 5) is 22.2. The summed E-state index contributed by atoms with van der Waals surface area (Å²) in [6, 6.07) is 6.97. The number of cyclic esters (lactones) is 1. The molecular weight excluding hydrogens is 196 g/mol. The Hall–Kier alpha value is -1.84. The molecule has 4 nitrogen and oxygen atoms in total. The van der Waals surface area contributed by atoms with E-state index in [1.807, 2.05) is 0 Å². The molecule has 1 aliphatic heterocycles. The number of benzene rings is 1. The maximum Gasteiger partial charge on any atom is 0.338 e. The molecule has 2 rings (SSSR count).